The highest BCUT2D eigenvalue weighted by Gasteiger charge is 2.31. The number of pyridine rings is 1. The van der Waals surface area contributed by atoms with Crippen LogP contribution in [0, 0.1) is 5.92 Å². The van der Waals surface area contributed by atoms with E-state index in [1.807, 2.05) is 24.2 Å². The monoisotopic (exact) mass is 245 g/mol. The van der Waals surface area contributed by atoms with Crippen LogP contribution in [0.2, 0.25) is 0 Å². The Labute approximate surface area is 108 Å². The predicted molar refractivity (Wildman–Crippen MR) is 70.3 cm³/mol. The molecule has 2 aliphatic rings. The number of carbonyl (C=O) groups is 1. The van der Waals surface area contributed by atoms with Gasteiger partial charge in [0.05, 0.1) is 0 Å². The zero-order chi connectivity index (χ0) is 12.5. The van der Waals surface area contributed by atoms with Crippen molar-refractivity contribution in [3.05, 3.63) is 23.9 Å². The molecule has 1 saturated carbocycles. The van der Waals surface area contributed by atoms with Crippen LogP contribution in [0.15, 0.2) is 18.3 Å². The Hall–Kier alpha value is -1.58. The summed E-state index contributed by atoms with van der Waals surface area (Å²) >= 11 is 0. The summed E-state index contributed by atoms with van der Waals surface area (Å²) in [5.74, 6) is 1.64. The fourth-order valence-electron chi connectivity index (χ4n) is 2.66. The first-order valence-corrected chi connectivity index (χ1v) is 6.69. The molecule has 1 aliphatic heterocycles. The SMILES string of the molecule is CN1CCN(C(=O)C2CCC2)Cc2cccnc21. The molecule has 18 heavy (non-hydrogen) atoms. The van der Waals surface area contributed by atoms with Crippen LogP contribution in [0.25, 0.3) is 0 Å². The smallest absolute Gasteiger partial charge is 0.226 e. The summed E-state index contributed by atoms with van der Waals surface area (Å²) in [4.78, 5) is 20.9. The molecule has 0 spiro atoms. The van der Waals surface area contributed by atoms with E-state index >= 15 is 0 Å². The van der Waals surface area contributed by atoms with Crippen LogP contribution in [-0.2, 0) is 11.3 Å². The second-order valence-corrected chi connectivity index (χ2v) is 5.30. The van der Waals surface area contributed by atoms with Crippen LogP contribution in [0.1, 0.15) is 24.8 Å². The van der Waals surface area contributed by atoms with Crippen molar-refractivity contribution in [3.63, 3.8) is 0 Å². The number of aromatic nitrogens is 1. The van der Waals surface area contributed by atoms with Gasteiger partial charge in [0, 0.05) is 44.4 Å². The van der Waals surface area contributed by atoms with Crippen LogP contribution < -0.4 is 4.90 Å². The van der Waals surface area contributed by atoms with E-state index in [2.05, 4.69) is 16.0 Å². The Balaban J connectivity index is 1.82. The lowest BCUT2D eigenvalue weighted by Crippen LogP contribution is -2.40. The third-order valence-corrected chi connectivity index (χ3v) is 4.06. The zero-order valence-corrected chi connectivity index (χ0v) is 10.8. The molecule has 96 valence electrons. The van der Waals surface area contributed by atoms with Gasteiger partial charge in [0.15, 0.2) is 0 Å². The molecule has 0 saturated heterocycles. The molecule has 0 N–H and O–H groups in total. The van der Waals surface area contributed by atoms with Crippen molar-refractivity contribution in [3.8, 4) is 0 Å². The van der Waals surface area contributed by atoms with E-state index in [0.717, 1.165) is 37.3 Å². The van der Waals surface area contributed by atoms with Gasteiger partial charge in [0.2, 0.25) is 5.91 Å². The molecule has 1 aliphatic carbocycles. The van der Waals surface area contributed by atoms with Gasteiger partial charge in [-0.3, -0.25) is 4.79 Å². The van der Waals surface area contributed by atoms with Gasteiger partial charge in [-0.1, -0.05) is 12.5 Å². The summed E-state index contributed by atoms with van der Waals surface area (Å²) in [7, 11) is 2.04. The van der Waals surface area contributed by atoms with Crippen LogP contribution in [-0.4, -0.2) is 35.9 Å². The molecular weight excluding hydrogens is 226 g/mol. The lowest BCUT2D eigenvalue weighted by atomic mass is 9.84. The Morgan fingerprint density at radius 2 is 2.22 bits per heavy atom. The number of rotatable bonds is 1. The standard InChI is InChI=1S/C14H19N3O/c1-16-8-9-17(14(18)11-4-2-5-11)10-12-6-3-7-15-13(12)16/h3,6-7,11H,2,4-5,8-10H2,1H3. The third kappa shape index (κ3) is 1.96. The fraction of sp³-hybridized carbons (Fsp3) is 0.571. The third-order valence-electron chi connectivity index (χ3n) is 4.06. The Kier molecular flexibility index (Phi) is 2.94. The Bertz CT molecular complexity index is 456. The normalized spacial score (nSPS) is 20.1. The minimum absolute atomic E-state index is 0.286. The maximum atomic E-state index is 12.3. The zero-order valence-electron chi connectivity index (χ0n) is 10.8. The highest BCUT2D eigenvalue weighted by Crippen LogP contribution is 2.30. The number of likely N-dealkylation sites (N-methyl/N-ethyl adjacent to an activating group) is 1. The molecule has 0 unspecified atom stereocenters. The minimum Gasteiger partial charge on any atom is -0.358 e. The van der Waals surface area contributed by atoms with E-state index in [-0.39, 0.29) is 5.92 Å². The number of carbonyl (C=O) groups excluding carboxylic acids is 1. The summed E-state index contributed by atoms with van der Waals surface area (Å²) in [5, 5.41) is 0. The van der Waals surface area contributed by atoms with Crippen molar-refractivity contribution < 1.29 is 4.79 Å². The van der Waals surface area contributed by atoms with Crippen LogP contribution in [0.5, 0.6) is 0 Å². The van der Waals surface area contributed by atoms with E-state index < -0.39 is 0 Å². The van der Waals surface area contributed by atoms with E-state index in [4.69, 9.17) is 0 Å². The maximum absolute atomic E-state index is 12.3. The van der Waals surface area contributed by atoms with Gasteiger partial charge >= 0.3 is 0 Å². The summed E-state index contributed by atoms with van der Waals surface area (Å²) in [5.41, 5.74) is 1.16. The largest absolute Gasteiger partial charge is 0.358 e. The molecule has 3 rings (SSSR count). The number of amides is 1. The van der Waals surface area contributed by atoms with Crippen LogP contribution in [0.4, 0.5) is 5.82 Å². The summed E-state index contributed by atoms with van der Waals surface area (Å²) in [6.45, 7) is 2.38. The molecule has 1 aromatic heterocycles. The van der Waals surface area contributed by atoms with E-state index in [1.54, 1.807) is 0 Å². The molecule has 0 bridgehead atoms. The highest BCUT2D eigenvalue weighted by molar-refractivity contribution is 5.80. The molecule has 0 atom stereocenters. The molecule has 1 fully saturated rings. The predicted octanol–water partition coefficient (Wildman–Crippen LogP) is 1.66. The van der Waals surface area contributed by atoms with Gasteiger partial charge < -0.3 is 9.80 Å². The van der Waals surface area contributed by atoms with Gasteiger partial charge in [-0.25, -0.2) is 4.98 Å². The first-order chi connectivity index (χ1) is 8.75. The number of hydrogen-bond acceptors (Lipinski definition) is 3. The summed E-state index contributed by atoms with van der Waals surface area (Å²) in [6, 6.07) is 4.02. The lowest BCUT2D eigenvalue weighted by molar-refractivity contribution is -0.138. The fourth-order valence-corrected chi connectivity index (χ4v) is 2.66. The lowest BCUT2D eigenvalue weighted by Gasteiger charge is -2.31. The number of hydrogen-bond donors (Lipinski definition) is 0. The van der Waals surface area contributed by atoms with Gasteiger partial charge in [0.1, 0.15) is 5.82 Å². The van der Waals surface area contributed by atoms with E-state index in [1.165, 1.54) is 6.42 Å². The Morgan fingerprint density at radius 3 is 2.94 bits per heavy atom. The molecule has 4 nitrogen and oxygen atoms in total. The number of nitrogens with zero attached hydrogens (tertiary/aromatic N) is 3. The van der Waals surface area contributed by atoms with Crippen molar-refractivity contribution in [2.45, 2.75) is 25.8 Å². The quantitative estimate of drug-likeness (QED) is 0.755. The molecule has 0 radical (unpaired) electrons. The summed E-state index contributed by atoms with van der Waals surface area (Å²) in [6.07, 6.45) is 5.18. The van der Waals surface area contributed by atoms with Crippen molar-refractivity contribution in [1.29, 1.82) is 0 Å². The molecule has 0 aromatic carbocycles. The first-order valence-electron chi connectivity index (χ1n) is 6.69. The van der Waals surface area contributed by atoms with Crippen molar-refractivity contribution in [1.82, 2.24) is 9.88 Å². The molecular formula is C14H19N3O. The van der Waals surface area contributed by atoms with Gasteiger partial charge in [-0.15, -0.1) is 0 Å². The molecule has 1 aromatic rings. The number of fused-ring (bicyclic) bond motifs is 1. The minimum atomic E-state index is 0.286. The van der Waals surface area contributed by atoms with Crippen molar-refractivity contribution in [2.75, 3.05) is 25.0 Å². The second-order valence-electron chi connectivity index (χ2n) is 5.30. The van der Waals surface area contributed by atoms with Crippen LogP contribution in [0.3, 0.4) is 0 Å². The Morgan fingerprint density at radius 1 is 1.39 bits per heavy atom. The molecule has 2 heterocycles. The highest BCUT2D eigenvalue weighted by atomic mass is 16.2. The first kappa shape index (κ1) is 11.5. The molecule has 1 amide bonds. The van der Waals surface area contributed by atoms with Crippen LogP contribution >= 0.6 is 0 Å². The van der Waals surface area contributed by atoms with Gasteiger partial charge in [-0.2, -0.15) is 0 Å². The van der Waals surface area contributed by atoms with Crippen molar-refractivity contribution in [2.24, 2.45) is 5.92 Å². The number of anilines is 1. The van der Waals surface area contributed by atoms with E-state index in [9.17, 15) is 4.79 Å². The van der Waals surface area contributed by atoms with Crippen molar-refractivity contribution >= 4 is 11.7 Å². The van der Waals surface area contributed by atoms with Gasteiger partial charge in [0.25, 0.3) is 0 Å². The maximum Gasteiger partial charge on any atom is 0.226 e. The van der Waals surface area contributed by atoms with Gasteiger partial charge in [-0.05, 0) is 18.9 Å². The summed E-state index contributed by atoms with van der Waals surface area (Å²) < 4.78 is 0. The average molecular weight is 245 g/mol. The van der Waals surface area contributed by atoms with E-state index in [0.29, 0.717) is 12.5 Å². The average Bonchev–Trinajstić information content (AvgIpc) is 2.47. The molecule has 4 heteroatoms. The second kappa shape index (κ2) is 4.59. The topological polar surface area (TPSA) is 36.4 Å².